The summed E-state index contributed by atoms with van der Waals surface area (Å²) in [5, 5.41) is 2.66. The molecule has 1 aromatic heterocycles. The van der Waals surface area contributed by atoms with Crippen molar-refractivity contribution < 1.29 is 21.6 Å². The average Bonchev–Trinajstić information content (AvgIpc) is 2.86. The van der Waals surface area contributed by atoms with Crippen LogP contribution in [-0.2, 0) is 20.0 Å². The average molecular weight is 537 g/mol. The van der Waals surface area contributed by atoms with Crippen molar-refractivity contribution in [1.29, 1.82) is 0 Å². The highest BCUT2D eigenvalue weighted by molar-refractivity contribution is 7.93. The van der Waals surface area contributed by atoms with E-state index in [1.54, 1.807) is 50.2 Å². The summed E-state index contributed by atoms with van der Waals surface area (Å²) in [7, 11) is -7.79. The molecule has 3 N–H and O–H groups in total. The molecule has 1 heterocycles. The van der Waals surface area contributed by atoms with Crippen LogP contribution in [0.15, 0.2) is 101 Å². The highest BCUT2D eigenvalue weighted by Gasteiger charge is 2.20. The second kappa shape index (κ2) is 10.4. The molecule has 1 amide bonds. The number of amides is 1. The van der Waals surface area contributed by atoms with Crippen LogP contribution in [0, 0.1) is 13.8 Å². The number of hydrogen-bond acceptors (Lipinski definition) is 6. The Kier molecular flexibility index (Phi) is 7.28. The summed E-state index contributed by atoms with van der Waals surface area (Å²) >= 11 is 0. The summed E-state index contributed by atoms with van der Waals surface area (Å²) in [5.74, 6) is -0.545. The lowest BCUT2D eigenvalue weighted by Crippen LogP contribution is -2.17. The summed E-state index contributed by atoms with van der Waals surface area (Å²) < 4.78 is 56.3. The van der Waals surface area contributed by atoms with Crippen molar-refractivity contribution in [3.05, 3.63) is 108 Å². The first-order chi connectivity index (χ1) is 17.5. The van der Waals surface area contributed by atoms with Crippen molar-refractivity contribution in [3.8, 4) is 0 Å². The Morgan fingerprint density at radius 2 is 1.46 bits per heavy atom. The SMILES string of the molecule is Cc1ccccc1NS(=O)(=O)c1cc(C(=O)Nc2ccc(S(=O)(=O)Nc3cccnc3)cc2)ccc1C. The molecule has 0 radical (unpaired) electrons. The number of nitrogens with zero attached hydrogens (tertiary/aromatic N) is 1. The smallest absolute Gasteiger partial charge is 0.262 e. The van der Waals surface area contributed by atoms with E-state index in [9.17, 15) is 21.6 Å². The molecular formula is C26H24N4O5S2. The van der Waals surface area contributed by atoms with Gasteiger partial charge in [0.25, 0.3) is 26.0 Å². The van der Waals surface area contributed by atoms with E-state index in [1.807, 2.05) is 6.07 Å². The molecule has 0 fully saturated rings. The molecule has 0 aliphatic carbocycles. The van der Waals surface area contributed by atoms with E-state index < -0.39 is 26.0 Å². The van der Waals surface area contributed by atoms with Crippen LogP contribution in [0.4, 0.5) is 17.1 Å². The third-order valence-corrected chi connectivity index (χ3v) is 8.37. The molecule has 4 rings (SSSR count). The second-order valence-corrected chi connectivity index (χ2v) is 11.6. The van der Waals surface area contributed by atoms with E-state index in [-0.39, 0.29) is 15.4 Å². The van der Waals surface area contributed by atoms with Crippen LogP contribution in [0.25, 0.3) is 0 Å². The first kappa shape index (κ1) is 25.9. The maximum atomic E-state index is 13.1. The predicted octanol–water partition coefficient (Wildman–Crippen LogP) is 4.55. The Morgan fingerprint density at radius 1 is 0.730 bits per heavy atom. The number of rotatable bonds is 8. The minimum absolute atomic E-state index is 0.000322. The normalized spacial score (nSPS) is 11.5. The number of hydrogen-bond donors (Lipinski definition) is 3. The van der Waals surface area contributed by atoms with Gasteiger partial charge in [0.2, 0.25) is 0 Å². The summed E-state index contributed by atoms with van der Waals surface area (Å²) in [6.45, 7) is 3.44. The number of pyridine rings is 1. The summed E-state index contributed by atoms with van der Waals surface area (Å²) in [6.07, 6.45) is 2.92. The quantitative estimate of drug-likeness (QED) is 0.302. The maximum Gasteiger partial charge on any atom is 0.262 e. The van der Waals surface area contributed by atoms with E-state index in [1.165, 1.54) is 48.8 Å². The first-order valence-corrected chi connectivity index (χ1v) is 14.1. The van der Waals surface area contributed by atoms with Gasteiger partial charge in [-0.25, -0.2) is 16.8 Å². The van der Waals surface area contributed by atoms with E-state index in [2.05, 4.69) is 19.7 Å². The molecule has 9 nitrogen and oxygen atoms in total. The lowest BCUT2D eigenvalue weighted by Gasteiger charge is -2.14. The summed E-state index contributed by atoms with van der Waals surface area (Å²) in [4.78, 5) is 16.7. The minimum atomic E-state index is -3.95. The molecule has 0 saturated carbocycles. The largest absolute Gasteiger partial charge is 0.322 e. The van der Waals surface area contributed by atoms with Crippen molar-refractivity contribution in [1.82, 2.24) is 4.98 Å². The Morgan fingerprint density at radius 3 is 2.14 bits per heavy atom. The molecule has 0 atom stereocenters. The van der Waals surface area contributed by atoms with Gasteiger partial charge in [-0.3, -0.25) is 19.2 Å². The monoisotopic (exact) mass is 536 g/mol. The van der Waals surface area contributed by atoms with Crippen molar-refractivity contribution in [2.75, 3.05) is 14.8 Å². The van der Waals surface area contributed by atoms with E-state index in [0.29, 0.717) is 22.6 Å². The van der Waals surface area contributed by atoms with Crippen molar-refractivity contribution >= 4 is 43.0 Å². The predicted molar refractivity (Wildman–Crippen MR) is 143 cm³/mol. The minimum Gasteiger partial charge on any atom is -0.322 e. The Balaban J connectivity index is 1.51. The zero-order chi connectivity index (χ0) is 26.6. The fourth-order valence-corrected chi connectivity index (χ4v) is 5.92. The molecule has 0 saturated heterocycles. The van der Waals surface area contributed by atoms with Crippen LogP contribution in [0.2, 0.25) is 0 Å². The number of aryl methyl sites for hydroxylation is 2. The molecular weight excluding hydrogens is 512 g/mol. The van der Waals surface area contributed by atoms with Crippen LogP contribution in [0.3, 0.4) is 0 Å². The summed E-state index contributed by atoms with van der Waals surface area (Å²) in [5.41, 5.74) is 2.48. The van der Waals surface area contributed by atoms with Crippen molar-refractivity contribution in [2.24, 2.45) is 0 Å². The van der Waals surface area contributed by atoms with Gasteiger partial charge in [0.1, 0.15) is 0 Å². The second-order valence-electron chi connectivity index (χ2n) is 8.23. The zero-order valence-corrected chi connectivity index (χ0v) is 21.6. The first-order valence-electron chi connectivity index (χ1n) is 11.1. The van der Waals surface area contributed by atoms with Gasteiger partial charge >= 0.3 is 0 Å². The van der Waals surface area contributed by atoms with Crippen molar-refractivity contribution in [3.63, 3.8) is 0 Å². The van der Waals surface area contributed by atoms with E-state index >= 15 is 0 Å². The van der Waals surface area contributed by atoms with Gasteiger partial charge in [-0.2, -0.15) is 0 Å². The zero-order valence-electron chi connectivity index (χ0n) is 20.0. The fraction of sp³-hybridized carbons (Fsp3) is 0.0769. The highest BCUT2D eigenvalue weighted by atomic mass is 32.2. The molecule has 0 aliphatic rings. The molecule has 11 heteroatoms. The third-order valence-electron chi connectivity index (χ3n) is 5.47. The van der Waals surface area contributed by atoms with Gasteiger partial charge < -0.3 is 5.32 Å². The van der Waals surface area contributed by atoms with Gasteiger partial charge in [-0.05, 0) is 79.6 Å². The maximum absolute atomic E-state index is 13.1. The van der Waals surface area contributed by atoms with Gasteiger partial charge in [-0.15, -0.1) is 0 Å². The number of anilines is 3. The number of sulfonamides is 2. The lowest BCUT2D eigenvalue weighted by atomic mass is 10.1. The van der Waals surface area contributed by atoms with Crippen LogP contribution in [0.5, 0.6) is 0 Å². The highest BCUT2D eigenvalue weighted by Crippen LogP contribution is 2.24. The Bertz CT molecular complexity index is 1660. The number of nitrogens with one attached hydrogen (secondary N) is 3. The van der Waals surface area contributed by atoms with Gasteiger partial charge in [-0.1, -0.05) is 24.3 Å². The molecule has 0 aliphatic heterocycles. The van der Waals surface area contributed by atoms with Gasteiger partial charge in [0, 0.05) is 17.4 Å². The topological polar surface area (TPSA) is 134 Å². The lowest BCUT2D eigenvalue weighted by molar-refractivity contribution is 0.102. The van der Waals surface area contributed by atoms with Crippen molar-refractivity contribution in [2.45, 2.75) is 23.6 Å². The van der Waals surface area contributed by atoms with Crippen LogP contribution >= 0.6 is 0 Å². The third kappa shape index (κ3) is 6.13. The number of carbonyl (C=O) groups excluding carboxylic acids is 1. The molecule has 37 heavy (non-hydrogen) atoms. The van der Waals surface area contributed by atoms with Crippen LogP contribution in [-0.4, -0.2) is 27.7 Å². The van der Waals surface area contributed by atoms with Crippen LogP contribution in [0.1, 0.15) is 21.5 Å². The number of benzene rings is 3. The molecule has 3 aromatic carbocycles. The Labute approximate surface area is 215 Å². The molecule has 0 bridgehead atoms. The van der Waals surface area contributed by atoms with E-state index in [0.717, 1.165) is 5.56 Å². The molecule has 190 valence electrons. The molecule has 4 aromatic rings. The van der Waals surface area contributed by atoms with E-state index in [4.69, 9.17) is 0 Å². The number of carbonyl (C=O) groups is 1. The van der Waals surface area contributed by atoms with Crippen LogP contribution < -0.4 is 14.8 Å². The Hall–Kier alpha value is -4.22. The van der Waals surface area contributed by atoms with Gasteiger partial charge in [0.15, 0.2) is 0 Å². The summed E-state index contributed by atoms with van der Waals surface area (Å²) in [6, 6.07) is 20.2. The number of para-hydroxylation sites is 1. The van der Waals surface area contributed by atoms with Gasteiger partial charge in [0.05, 0.1) is 27.4 Å². The molecule has 0 spiro atoms. The fourth-order valence-electron chi connectivity index (χ4n) is 3.48. The standard InChI is InChI=1S/C26H24N4O5S2/c1-18-6-3-4-8-24(18)30-37(34,35)25-16-20(10-9-19(25)2)26(31)28-21-11-13-23(14-12-21)36(32,33)29-22-7-5-15-27-17-22/h3-17,29-30H,1-2H3,(H,28,31). The number of aromatic nitrogens is 1. The molecule has 0 unspecified atom stereocenters.